The molecule has 22 heavy (non-hydrogen) atoms. The lowest BCUT2D eigenvalue weighted by atomic mass is 10.1. The Morgan fingerprint density at radius 3 is 2.64 bits per heavy atom. The second kappa shape index (κ2) is 8.48. The molecule has 0 fully saturated rings. The van der Waals surface area contributed by atoms with Crippen molar-refractivity contribution >= 4 is 22.4 Å². The second-order valence-corrected chi connectivity index (χ2v) is 5.93. The Hall–Kier alpha value is -1.95. The Labute approximate surface area is 134 Å². The number of aromatic nitrogens is 2. The summed E-state index contributed by atoms with van der Waals surface area (Å²) in [5.74, 6) is 1.08. The van der Waals surface area contributed by atoms with Gasteiger partial charge >= 0.3 is 0 Å². The Kier molecular flexibility index (Phi) is 6.33. The molecule has 1 aromatic heterocycles. The van der Waals surface area contributed by atoms with E-state index in [1.807, 2.05) is 30.3 Å². The average Bonchev–Trinajstić information content (AvgIpc) is 2.98. The summed E-state index contributed by atoms with van der Waals surface area (Å²) in [6.07, 6.45) is 2.35. The minimum Gasteiger partial charge on any atom is -0.493 e. The highest BCUT2D eigenvalue weighted by Gasteiger charge is 2.14. The molecular weight excluding hydrogens is 298 g/mol. The SMILES string of the molecule is CCC(CC)c1nnc(NC(=O)CCOc2ccccc2)s1. The van der Waals surface area contributed by atoms with Crippen LogP contribution in [0.1, 0.15) is 44.0 Å². The quantitative estimate of drug-likeness (QED) is 0.802. The van der Waals surface area contributed by atoms with Crippen molar-refractivity contribution in [1.82, 2.24) is 10.2 Å². The van der Waals surface area contributed by atoms with E-state index < -0.39 is 0 Å². The molecule has 1 N–H and O–H groups in total. The number of ether oxygens (including phenoxy) is 1. The molecule has 1 aromatic carbocycles. The molecular formula is C16H21N3O2S. The van der Waals surface area contributed by atoms with Crippen LogP contribution in [0, 0.1) is 0 Å². The lowest BCUT2D eigenvalue weighted by molar-refractivity contribution is -0.116. The first kappa shape index (κ1) is 16.4. The van der Waals surface area contributed by atoms with Gasteiger partial charge in [-0.05, 0) is 25.0 Å². The Morgan fingerprint density at radius 1 is 1.23 bits per heavy atom. The van der Waals surface area contributed by atoms with Crippen LogP contribution in [0.4, 0.5) is 5.13 Å². The monoisotopic (exact) mass is 319 g/mol. The predicted octanol–water partition coefficient (Wildman–Crippen LogP) is 3.85. The van der Waals surface area contributed by atoms with Crippen molar-refractivity contribution in [3.63, 3.8) is 0 Å². The van der Waals surface area contributed by atoms with E-state index in [4.69, 9.17) is 4.74 Å². The summed E-state index contributed by atoms with van der Waals surface area (Å²) in [7, 11) is 0. The molecule has 0 spiro atoms. The zero-order chi connectivity index (χ0) is 15.8. The van der Waals surface area contributed by atoms with E-state index in [1.165, 1.54) is 11.3 Å². The Morgan fingerprint density at radius 2 is 1.95 bits per heavy atom. The number of carbonyl (C=O) groups is 1. The van der Waals surface area contributed by atoms with Crippen molar-refractivity contribution in [2.75, 3.05) is 11.9 Å². The molecule has 5 nitrogen and oxygen atoms in total. The van der Waals surface area contributed by atoms with Crippen molar-refractivity contribution in [2.24, 2.45) is 0 Å². The first-order chi connectivity index (χ1) is 10.7. The summed E-state index contributed by atoms with van der Waals surface area (Å²) in [5.41, 5.74) is 0. The highest BCUT2D eigenvalue weighted by atomic mass is 32.1. The minimum atomic E-state index is -0.108. The van der Waals surface area contributed by atoms with Crippen LogP contribution in [0.15, 0.2) is 30.3 Å². The summed E-state index contributed by atoms with van der Waals surface area (Å²) >= 11 is 1.45. The maximum atomic E-state index is 11.9. The third kappa shape index (κ3) is 4.80. The standard InChI is InChI=1S/C16H21N3O2S/c1-3-12(4-2)15-18-19-16(22-15)17-14(20)10-11-21-13-8-6-5-7-9-13/h5-9,12H,3-4,10-11H2,1-2H3,(H,17,19,20). The molecule has 2 aromatic rings. The molecule has 0 atom stereocenters. The topological polar surface area (TPSA) is 64.1 Å². The van der Waals surface area contributed by atoms with E-state index in [2.05, 4.69) is 29.4 Å². The van der Waals surface area contributed by atoms with E-state index in [0.29, 0.717) is 17.7 Å². The van der Waals surface area contributed by atoms with Crippen LogP contribution in [0.2, 0.25) is 0 Å². The number of hydrogen-bond donors (Lipinski definition) is 1. The summed E-state index contributed by atoms with van der Waals surface area (Å²) in [6.45, 7) is 4.61. The van der Waals surface area contributed by atoms with Crippen molar-refractivity contribution in [3.05, 3.63) is 35.3 Å². The average molecular weight is 319 g/mol. The van der Waals surface area contributed by atoms with Crippen LogP contribution >= 0.6 is 11.3 Å². The zero-order valence-corrected chi connectivity index (χ0v) is 13.7. The largest absolute Gasteiger partial charge is 0.493 e. The molecule has 0 aliphatic heterocycles. The number of carbonyl (C=O) groups excluding carboxylic acids is 1. The van der Waals surface area contributed by atoms with Crippen LogP contribution in [0.3, 0.4) is 0 Å². The number of para-hydroxylation sites is 1. The number of nitrogens with one attached hydrogen (secondary N) is 1. The molecule has 1 heterocycles. The van der Waals surface area contributed by atoms with Gasteiger partial charge in [-0.2, -0.15) is 0 Å². The smallest absolute Gasteiger partial charge is 0.229 e. The van der Waals surface area contributed by atoms with E-state index in [-0.39, 0.29) is 12.3 Å². The van der Waals surface area contributed by atoms with E-state index in [1.54, 1.807) is 0 Å². The summed E-state index contributed by atoms with van der Waals surface area (Å²) in [5, 5.41) is 12.5. The molecule has 0 saturated carbocycles. The van der Waals surface area contributed by atoms with E-state index in [0.717, 1.165) is 23.6 Å². The van der Waals surface area contributed by atoms with E-state index >= 15 is 0 Å². The van der Waals surface area contributed by atoms with Crippen LogP contribution in [-0.4, -0.2) is 22.7 Å². The van der Waals surface area contributed by atoms with Crippen LogP contribution in [-0.2, 0) is 4.79 Å². The first-order valence-corrected chi connectivity index (χ1v) is 8.35. The molecule has 1 amide bonds. The first-order valence-electron chi connectivity index (χ1n) is 7.54. The summed E-state index contributed by atoms with van der Waals surface area (Å²) in [6, 6.07) is 9.45. The van der Waals surface area contributed by atoms with Crippen LogP contribution in [0.5, 0.6) is 5.75 Å². The van der Waals surface area contributed by atoms with E-state index in [9.17, 15) is 4.79 Å². The van der Waals surface area contributed by atoms with Gasteiger partial charge in [-0.1, -0.05) is 43.4 Å². The number of amides is 1. The minimum absolute atomic E-state index is 0.108. The Balaban J connectivity index is 1.77. The van der Waals surface area contributed by atoms with Gasteiger partial charge in [0, 0.05) is 5.92 Å². The van der Waals surface area contributed by atoms with Gasteiger partial charge in [-0.25, -0.2) is 0 Å². The fourth-order valence-corrected chi connectivity index (χ4v) is 3.07. The molecule has 0 aliphatic rings. The zero-order valence-electron chi connectivity index (χ0n) is 12.9. The lowest BCUT2D eigenvalue weighted by Gasteiger charge is -2.06. The molecule has 0 unspecified atom stereocenters. The van der Waals surface area contributed by atoms with Gasteiger partial charge in [-0.15, -0.1) is 10.2 Å². The number of anilines is 1. The number of rotatable bonds is 8. The molecule has 0 bridgehead atoms. The van der Waals surface area contributed by atoms with Gasteiger partial charge in [0.1, 0.15) is 10.8 Å². The molecule has 0 radical (unpaired) electrons. The normalized spacial score (nSPS) is 10.7. The van der Waals surface area contributed by atoms with Gasteiger partial charge in [0.2, 0.25) is 11.0 Å². The van der Waals surface area contributed by atoms with Gasteiger partial charge in [0.15, 0.2) is 0 Å². The van der Waals surface area contributed by atoms with Gasteiger partial charge in [0.05, 0.1) is 13.0 Å². The molecule has 0 saturated heterocycles. The fraction of sp³-hybridized carbons (Fsp3) is 0.438. The molecule has 6 heteroatoms. The maximum Gasteiger partial charge on any atom is 0.229 e. The number of hydrogen-bond acceptors (Lipinski definition) is 5. The lowest BCUT2D eigenvalue weighted by Crippen LogP contribution is -2.15. The Bertz CT molecular complexity index is 582. The third-order valence-electron chi connectivity index (χ3n) is 3.36. The summed E-state index contributed by atoms with van der Waals surface area (Å²) in [4.78, 5) is 11.9. The third-order valence-corrected chi connectivity index (χ3v) is 4.36. The van der Waals surface area contributed by atoms with Gasteiger partial charge < -0.3 is 10.1 Å². The molecule has 2 rings (SSSR count). The van der Waals surface area contributed by atoms with Crippen LogP contribution < -0.4 is 10.1 Å². The fourth-order valence-electron chi connectivity index (χ4n) is 2.05. The number of nitrogens with zero attached hydrogens (tertiary/aromatic N) is 2. The summed E-state index contributed by atoms with van der Waals surface area (Å²) < 4.78 is 5.50. The molecule has 118 valence electrons. The number of benzene rings is 1. The van der Waals surface area contributed by atoms with Crippen molar-refractivity contribution < 1.29 is 9.53 Å². The predicted molar refractivity (Wildman–Crippen MR) is 88.4 cm³/mol. The highest BCUT2D eigenvalue weighted by molar-refractivity contribution is 7.15. The van der Waals surface area contributed by atoms with Crippen molar-refractivity contribution in [2.45, 2.75) is 39.0 Å². The van der Waals surface area contributed by atoms with Gasteiger partial charge in [0.25, 0.3) is 0 Å². The van der Waals surface area contributed by atoms with Gasteiger partial charge in [-0.3, -0.25) is 4.79 Å². The maximum absolute atomic E-state index is 11.9. The molecule has 0 aliphatic carbocycles. The van der Waals surface area contributed by atoms with Crippen molar-refractivity contribution in [3.8, 4) is 5.75 Å². The van der Waals surface area contributed by atoms with Crippen molar-refractivity contribution in [1.29, 1.82) is 0 Å². The second-order valence-electron chi connectivity index (χ2n) is 4.92. The van der Waals surface area contributed by atoms with Crippen LogP contribution in [0.25, 0.3) is 0 Å². The highest BCUT2D eigenvalue weighted by Crippen LogP contribution is 2.28.